The van der Waals surface area contributed by atoms with E-state index in [-0.39, 0.29) is 25.9 Å². The Morgan fingerprint density at radius 1 is 1.00 bits per heavy atom. The molecule has 0 saturated carbocycles. The molecule has 0 amide bonds. The summed E-state index contributed by atoms with van der Waals surface area (Å²) in [6, 6.07) is 0.812. The van der Waals surface area contributed by atoms with Crippen LogP contribution < -0.4 is 0 Å². The van der Waals surface area contributed by atoms with Crippen molar-refractivity contribution in [1.82, 2.24) is 0 Å². The summed E-state index contributed by atoms with van der Waals surface area (Å²) in [5.74, 6) is 0.627. The molecule has 0 saturated heterocycles. The fraction of sp³-hybridized carbons (Fsp3) is 1.00. The van der Waals surface area contributed by atoms with E-state index in [9.17, 15) is 0 Å². The summed E-state index contributed by atoms with van der Waals surface area (Å²) in [4.78, 5) is 0. The molecule has 0 aromatic rings. The molecule has 0 unspecified atom stereocenters. The van der Waals surface area contributed by atoms with E-state index in [0.717, 1.165) is 12.5 Å². The van der Waals surface area contributed by atoms with Crippen LogP contribution in [0.2, 0.25) is 6.04 Å². The molecule has 0 radical (unpaired) electrons. The first kappa shape index (κ1) is 18.5. The summed E-state index contributed by atoms with van der Waals surface area (Å²) in [5.41, 5.74) is 0. The fourth-order valence-electron chi connectivity index (χ4n) is 1.28. The van der Waals surface area contributed by atoms with Crippen LogP contribution in [-0.2, 0) is 13.3 Å². The normalized spacial score (nSPS) is 11.2. The molecule has 0 aliphatic heterocycles. The number of hydrogen-bond donors (Lipinski definition) is 0. The largest absolute Gasteiger partial charge is 2.00 e. The van der Waals surface area contributed by atoms with Crippen molar-refractivity contribution >= 4 is 43.5 Å². The smallest absolute Gasteiger partial charge is 1.00 e. The van der Waals surface area contributed by atoms with Crippen molar-refractivity contribution in [2.45, 2.75) is 33.2 Å². The molecule has 0 aliphatic carbocycles. The molecule has 0 aliphatic rings. The van der Waals surface area contributed by atoms with E-state index < -0.39 is 8.80 Å². The molecule has 0 aromatic heterocycles. The van der Waals surface area contributed by atoms with Crippen LogP contribution in [0.25, 0.3) is 0 Å². The molecule has 0 N–H and O–H groups in total. The van der Waals surface area contributed by atoms with Crippen molar-refractivity contribution in [3.05, 3.63) is 0 Å². The number of halogens is 1. The van der Waals surface area contributed by atoms with Gasteiger partial charge in [-0.1, -0.05) is 0 Å². The molecule has 6 heteroatoms. The van der Waals surface area contributed by atoms with Crippen LogP contribution >= 0.6 is 11.6 Å². The second-order valence-electron chi connectivity index (χ2n) is 2.77. The van der Waals surface area contributed by atoms with Gasteiger partial charge >= 0.3 is 31.9 Å². The van der Waals surface area contributed by atoms with Crippen molar-refractivity contribution < 1.29 is 16.1 Å². The minimum absolute atomic E-state index is 0. The SMILES string of the molecule is CCO[Si](CCCCl)(OCC)OCC.[H-].[H-].[Mg+2]. The second-order valence-corrected chi connectivity index (χ2v) is 5.88. The molecular formula is C9H23ClMgO3Si. The van der Waals surface area contributed by atoms with Crippen molar-refractivity contribution in [2.24, 2.45) is 0 Å². The monoisotopic (exact) mass is 266 g/mol. The Hall–Kier alpha value is 1.15. The van der Waals surface area contributed by atoms with E-state index in [1.165, 1.54) is 0 Å². The van der Waals surface area contributed by atoms with Crippen LogP contribution in [0, 0.1) is 0 Å². The van der Waals surface area contributed by atoms with Gasteiger partial charge in [-0.25, -0.2) is 0 Å². The van der Waals surface area contributed by atoms with Crippen molar-refractivity contribution in [3.8, 4) is 0 Å². The van der Waals surface area contributed by atoms with Gasteiger partial charge in [0.15, 0.2) is 0 Å². The molecule has 0 fully saturated rings. The summed E-state index contributed by atoms with van der Waals surface area (Å²) in [6.07, 6.45) is 0.883. The van der Waals surface area contributed by atoms with Gasteiger partial charge in [-0.05, 0) is 27.2 Å². The van der Waals surface area contributed by atoms with E-state index in [0.29, 0.717) is 25.7 Å². The van der Waals surface area contributed by atoms with Crippen LogP contribution in [0.1, 0.15) is 30.0 Å². The predicted octanol–water partition coefficient (Wildman–Crippen LogP) is 2.51. The molecule has 0 aromatic carbocycles. The maximum absolute atomic E-state index is 5.66. The van der Waals surface area contributed by atoms with Crippen LogP contribution in [0.4, 0.5) is 0 Å². The standard InChI is InChI=1S/C9H21ClO3Si.Mg.2H/c1-4-11-14(12-5-2,13-6-3)9-7-8-10;;;/h4-9H2,1-3H3;;;/q;+2;2*-1. The Balaban J connectivity index is -0.000000282. The van der Waals surface area contributed by atoms with Gasteiger partial charge in [0.05, 0.1) is 0 Å². The van der Waals surface area contributed by atoms with Gasteiger partial charge in [-0.2, -0.15) is 0 Å². The molecule has 0 heterocycles. The van der Waals surface area contributed by atoms with E-state index in [2.05, 4.69) is 0 Å². The first-order valence-corrected chi connectivity index (χ1v) is 7.69. The van der Waals surface area contributed by atoms with Crippen molar-refractivity contribution in [3.63, 3.8) is 0 Å². The average molecular weight is 267 g/mol. The van der Waals surface area contributed by atoms with Gasteiger partial charge in [-0.3, -0.25) is 0 Å². The average Bonchev–Trinajstić information content (AvgIpc) is 2.16. The third-order valence-electron chi connectivity index (χ3n) is 1.71. The zero-order chi connectivity index (χ0) is 10.9. The van der Waals surface area contributed by atoms with Gasteiger partial charge in [0.2, 0.25) is 0 Å². The summed E-state index contributed by atoms with van der Waals surface area (Å²) < 4.78 is 16.9. The van der Waals surface area contributed by atoms with E-state index in [1.807, 2.05) is 20.8 Å². The molecule has 0 atom stereocenters. The quantitative estimate of drug-likeness (QED) is 0.474. The van der Waals surface area contributed by atoms with Crippen LogP contribution in [0.15, 0.2) is 0 Å². The van der Waals surface area contributed by atoms with Gasteiger partial charge in [0.1, 0.15) is 0 Å². The van der Waals surface area contributed by atoms with Crippen molar-refractivity contribution in [2.75, 3.05) is 25.7 Å². The Labute approximate surface area is 118 Å². The maximum atomic E-state index is 5.66. The molecule has 90 valence electrons. The summed E-state index contributed by atoms with van der Waals surface area (Å²) >= 11 is 5.66. The minimum atomic E-state index is -2.40. The molecule has 15 heavy (non-hydrogen) atoms. The van der Waals surface area contributed by atoms with E-state index in [4.69, 9.17) is 24.9 Å². The van der Waals surface area contributed by atoms with E-state index in [1.54, 1.807) is 0 Å². The van der Waals surface area contributed by atoms with Gasteiger partial charge in [0, 0.05) is 31.7 Å². The topological polar surface area (TPSA) is 27.7 Å². The summed E-state index contributed by atoms with van der Waals surface area (Å²) in [5, 5.41) is 0. The number of alkyl halides is 1. The third-order valence-corrected chi connectivity index (χ3v) is 5.13. The first-order chi connectivity index (χ1) is 6.74. The number of hydrogen-bond acceptors (Lipinski definition) is 3. The molecule has 0 rings (SSSR count). The Morgan fingerprint density at radius 2 is 1.40 bits per heavy atom. The first-order valence-electron chi connectivity index (χ1n) is 5.22. The van der Waals surface area contributed by atoms with Crippen LogP contribution in [0.5, 0.6) is 0 Å². The molecule has 0 bridgehead atoms. The van der Waals surface area contributed by atoms with Crippen LogP contribution in [0.3, 0.4) is 0 Å². The summed E-state index contributed by atoms with van der Waals surface area (Å²) in [6.45, 7) is 7.78. The maximum Gasteiger partial charge on any atom is 2.00 e. The Kier molecular flexibility index (Phi) is 14.4. The Bertz CT molecular complexity index is 132. The zero-order valence-electron chi connectivity index (χ0n) is 12.1. The number of rotatable bonds is 9. The Morgan fingerprint density at radius 3 is 1.67 bits per heavy atom. The van der Waals surface area contributed by atoms with E-state index >= 15 is 0 Å². The zero-order valence-corrected chi connectivity index (χ0v) is 13.2. The molecule has 3 nitrogen and oxygen atoms in total. The fourth-order valence-corrected chi connectivity index (χ4v) is 4.25. The third kappa shape index (κ3) is 7.96. The van der Waals surface area contributed by atoms with Crippen molar-refractivity contribution in [1.29, 1.82) is 0 Å². The summed E-state index contributed by atoms with van der Waals surface area (Å²) in [7, 11) is -2.40. The van der Waals surface area contributed by atoms with Crippen LogP contribution in [-0.4, -0.2) is 57.6 Å². The second kappa shape index (κ2) is 11.6. The van der Waals surface area contributed by atoms with Gasteiger partial charge in [0.25, 0.3) is 0 Å². The van der Waals surface area contributed by atoms with Gasteiger partial charge in [-0.15, -0.1) is 11.6 Å². The molecule has 0 spiro atoms. The van der Waals surface area contributed by atoms with Gasteiger partial charge < -0.3 is 16.1 Å². The molecular weight excluding hydrogens is 244 g/mol. The minimum Gasteiger partial charge on any atom is -1.00 e. The predicted molar refractivity (Wildman–Crippen MR) is 68.8 cm³/mol.